The van der Waals surface area contributed by atoms with Crippen molar-refractivity contribution in [3.05, 3.63) is 52.7 Å². The second-order valence-electron chi connectivity index (χ2n) is 4.86. The topological polar surface area (TPSA) is 69.0 Å². The molecular formula is C16H15FN4O2. The molecule has 0 amide bonds. The highest BCUT2D eigenvalue weighted by Gasteiger charge is 2.08. The normalized spacial score (nSPS) is 10.7. The number of aromatic nitrogens is 3. The Labute approximate surface area is 131 Å². The fourth-order valence-electron chi connectivity index (χ4n) is 2.31. The standard InChI is InChI=1S/C16H15FN4O2/c1-3-21-14(22)7-4-10-9-18-16(20-15(10)21)19-11-5-6-13(23-2)12(17)8-11/h4-9H,3H2,1-2H3,(H,18,19,20). The van der Waals surface area contributed by atoms with Crippen molar-refractivity contribution in [2.45, 2.75) is 13.5 Å². The maximum Gasteiger partial charge on any atom is 0.252 e. The first-order valence-corrected chi connectivity index (χ1v) is 7.09. The third kappa shape index (κ3) is 2.85. The van der Waals surface area contributed by atoms with Crippen molar-refractivity contribution in [3.63, 3.8) is 0 Å². The zero-order valence-electron chi connectivity index (χ0n) is 12.7. The lowest BCUT2D eigenvalue weighted by atomic mass is 10.3. The van der Waals surface area contributed by atoms with E-state index in [-0.39, 0.29) is 17.3 Å². The number of halogens is 1. The SMILES string of the molecule is CCn1c(=O)ccc2cnc(Nc3ccc(OC)c(F)c3)nc21. The first-order valence-electron chi connectivity index (χ1n) is 7.09. The van der Waals surface area contributed by atoms with Crippen molar-refractivity contribution in [3.8, 4) is 5.75 Å². The van der Waals surface area contributed by atoms with Crippen molar-refractivity contribution in [1.29, 1.82) is 0 Å². The number of anilines is 2. The molecule has 0 aliphatic heterocycles. The molecule has 0 atom stereocenters. The van der Waals surface area contributed by atoms with Gasteiger partial charge >= 0.3 is 0 Å². The van der Waals surface area contributed by atoms with Gasteiger partial charge in [-0.15, -0.1) is 0 Å². The Morgan fingerprint density at radius 2 is 2.13 bits per heavy atom. The third-order valence-corrected chi connectivity index (χ3v) is 3.45. The second-order valence-corrected chi connectivity index (χ2v) is 4.86. The molecular weight excluding hydrogens is 299 g/mol. The molecule has 7 heteroatoms. The van der Waals surface area contributed by atoms with Gasteiger partial charge in [-0.25, -0.2) is 9.37 Å². The molecule has 0 fully saturated rings. The summed E-state index contributed by atoms with van der Waals surface area (Å²) in [4.78, 5) is 20.4. The molecule has 0 aliphatic rings. The lowest BCUT2D eigenvalue weighted by molar-refractivity contribution is 0.386. The second kappa shape index (κ2) is 6.04. The van der Waals surface area contributed by atoms with E-state index in [1.165, 1.54) is 25.3 Å². The summed E-state index contributed by atoms with van der Waals surface area (Å²) < 4.78 is 20.2. The highest BCUT2D eigenvalue weighted by atomic mass is 19.1. The van der Waals surface area contributed by atoms with Crippen LogP contribution in [-0.4, -0.2) is 21.6 Å². The Bertz CT molecular complexity index is 924. The quantitative estimate of drug-likeness (QED) is 0.802. The van der Waals surface area contributed by atoms with E-state index in [1.54, 1.807) is 22.9 Å². The van der Waals surface area contributed by atoms with E-state index in [0.29, 0.717) is 17.9 Å². The van der Waals surface area contributed by atoms with Crippen LogP contribution < -0.4 is 15.6 Å². The fourth-order valence-corrected chi connectivity index (χ4v) is 2.31. The van der Waals surface area contributed by atoms with Crippen molar-refractivity contribution in [2.75, 3.05) is 12.4 Å². The van der Waals surface area contributed by atoms with Crippen LogP contribution in [0.3, 0.4) is 0 Å². The maximum absolute atomic E-state index is 13.7. The molecule has 1 aromatic carbocycles. The summed E-state index contributed by atoms with van der Waals surface area (Å²) in [6.45, 7) is 2.37. The van der Waals surface area contributed by atoms with Gasteiger partial charge in [-0.05, 0) is 25.1 Å². The number of aryl methyl sites for hydroxylation is 1. The number of methoxy groups -OCH3 is 1. The summed E-state index contributed by atoms with van der Waals surface area (Å²) in [6, 6.07) is 7.64. The number of hydrogen-bond acceptors (Lipinski definition) is 5. The van der Waals surface area contributed by atoms with E-state index in [4.69, 9.17) is 4.74 Å². The van der Waals surface area contributed by atoms with Crippen LogP contribution >= 0.6 is 0 Å². The molecule has 3 rings (SSSR count). The molecule has 3 aromatic rings. The smallest absolute Gasteiger partial charge is 0.252 e. The number of pyridine rings is 1. The molecule has 0 radical (unpaired) electrons. The Kier molecular flexibility index (Phi) is 3.92. The highest BCUT2D eigenvalue weighted by Crippen LogP contribution is 2.22. The van der Waals surface area contributed by atoms with Gasteiger partial charge in [-0.1, -0.05) is 0 Å². The monoisotopic (exact) mass is 314 g/mol. The largest absolute Gasteiger partial charge is 0.494 e. The van der Waals surface area contributed by atoms with Gasteiger partial charge in [0.05, 0.1) is 7.11 Å². The van der Waals surface area contributed by atoms with E-state index < -0.39 is 5.82 Å². The summed E-state index contributed by atoms with van der Waals surface area (Å²) in [6.07, 6.45) is 1.62. The van der Waals surface area contributed by atoms with Crippen molar-refractivity contribution in [1.82, 2.24) is 14.5 Å². The molecule has 6 nitrogen and oxygen atoms in total. The minimum Gasteiger partial charge on any atom is -0.494 e. The number of nitrogens with one attached hydrogen (secondary N) is 1. The van der Waals surface area contributed by atoms with Gasteiger partial charge < -0.3 is 10.1 Å². The van der Waals surface area contributed by atoms with Crippen LogP contribution in [0.5, 0.6) is 5.75 Å². The minimum absolute atomic E-state index is 0.125. The van der Waals surface area contributed by atoms with Gasteiger partial charge in [-0.2, -0.15) is 4.98 Å². The lowest BCUT2D eigenvalue weighted by Crippen LogP contribution is -2.19. The predicted octanol–water partition coefficient (Wildman–Crippen LogP) is 2.70. The van der Waals surface area contributed by atoms with Crippen LogP contribution in [0, 0.1) is 5.82 Å². The summed E-state index contributed by atoms with van der Waals surface area (Å²) >= 11 is 0. The van der Waals surface area contributed by atoms with E-state index in [2.05, 4.69) is 15.3 Å². The lowest BCUT2D eigenvalue weighted by Gasteiger charge is -2.10. The van der Waals surface area contributed by atoms with Crippen LogP contribution in [0.4, 0.5) is 16.0 Å². The van der Waals surface area contributed by atoms with Crippen LogP contribution in [0.15, 0.2) is 41.3 Å². The fraction of sp³-hybridized carbons (Fsp3) is 0.188. The zero-order chi connectivity index (χ0) is 16.4. The Morgan fingerprint density at radius 3 is 2.83 bits per heavy atom. The molecule has 0 aliphatic carbocycles. The average molecular weight is 314 g/mol. The summed E-state index contributed by atoms with van der Waals surface area (Å²) in [5.41, 5.74) is 0.899. The first kappa shape index (κ1) is 15.0. The number of nitrogens with zero attached hydrogens (tertiary/aromatic N) is 3. The molecule has 0 saturated carbocycles. The van der Waals surface area contributed by atoms with Crippen molar-refractivity contribution >= 4 is 22.7 Å². The zero-order valence-corrected chi connectivity index (χ0v) is 12.7. The van der Waals surface area contributed by atoms with E-state index in [9.17, 15) is 9.18 Å². The molecule has 0 unspecified atom stereocenters. The first-order chi connectivity index (χ1) is 11.1. The van der Waals surface area contributed by atoms with Gasteiger partial charge in [0, 0.05) is 35.9 Å². The third-order valence-electron chi connectivity index (χ3n) is 3.45. The number of ether oxygens (including phenoxy) is 1. The van der Waals surface area contributed by atoms with Gasteiger partial charge in [0.25, 0.3) is 5.56 Å². The van der Waals surface area contributed by atoms with Crippen LogP contribution in [0.2, 0.25) is 0 Å². The predicted molar refractivity (Wildman–Crippen MR) is 85.7 cm³/mol. The van der Waals surface area contributed by atoms with Gasteiger partial charge in [-0.3, -0.25) is 9.36 Å². The van der Waals surface area contributed by atoms with Gasteiger partial charge in [0.1, 0.15) is 5.65 Å². The molecule has 118 valence electrons. The summed E-state index contributed by atoms with van der Waals surface area (Å²) in [5.74, 6) is -0.0339. The number of fused-ring (bicyclic) bond motifs is 1. The van der Waals surface area contributed by atoms with Crippen LogP contribution in [0.1, 0.15) is 6.92 Å². The van der Waals surface area contributed by atoms with Crippen molar-refractivity contribution < 1.29 is 9.13 Å². The number of rotatable bonds is 4. The molecule has 2 heterocycles. The molecule has 23 heavy (non-hydrogen) atoms. The van der Waals surface area contributed by atoms with E-state index in [0.717, 1.165) is 5.39 Å². The van der Waals surface area contributed by atoms with E-state index >= 15 is 0 Å². The van der Waals surface area contributed by atoms with E-state index in [1.807, 2.05) is 6.92 Å². The minimum atomic E-state index is -0.483. The van der Waals surface area contributed by atoms with Gasteiger partial charge in [0.2, 0.25) is 5.95 Å². The Balaban J connectivity index is 2.00. The Morgan fingerprint density at radius 1 is 1.30 bits per heavy atom. The maximum atomic E-state index is 13.7. The van der Waals surface area contributed by atoms with Crippen LogP contribution in [0.25, 0.3) is 11.0 Å². The number of hydrogen-bond donors (Lipinski definition) is 1. The molecule has 0 spiro atoms. The number of benzene rings is 1. The molecule has 0 bridgehead atoms. The highest BCUT2D eigenvalue weighted by molar-refractivity contribution is 5.75. The van der Waals surface area contributed by atoms with Gasteiger partial charge in [0.15, 0.2) is 11.6 Å². The molecule has 2 aromatic heterocycles. The van der Waals surface area contributed by atoms with Crippen molar-refractivity contribution in [2.24, 2.45) is 0 Å². The Hall–Kier alpha value is -2.96. The average Bonchev–Trinajstić information content (AvgIpc) is 2.55. The molecule has 0 saturated heterocycles. The molecule has 1 N–H and O–H groups in total. The summed E-state index contributed by atoms with van der Waals surface area (Å²) in [5, 5.41) is 3.69. The summed E-state index contributed by atoms with van der Waals surface area (Å²) in [7, 11) is 1.40. The van der Waals surface area contributed by atoms with Crippen LogP contribution in [-0.2, 0) is 6.54 Å².